The van der Waals surface area contributed by atoms with Gasteiger partial charge in [0.2, 0.25) is 0 Å². The van der Waals surface area contributed by atoms with Crippen LogP contribution in [0, 0.1) is 0 Å². The Kier molecular flexibility index (Phi) is 3.76. The lowest BCUT2D eigenvalue weighted by molar-refractivity contribution is -0.0722. The predicted molar refractivity (Wildman–Crippen MR) is 79.5 cm³/mol. The minimum Gasteiger partial charge on any atom is -0.351 e. The summed E-state index contributed by atoms with van der Waals surface area (Å²) in [7, 11) is 1.72. The van der Waals surface area contributed by atoms with E-state index >= 15 is 0 Å². The maximum absolute atomic E-state index is 14.8. The van der Waals surface area contributed by atoms with Crippen LogP contribution in [-0.4, -0.2) is 37.4 Å². The number of hydrogen-bond donors (Lipinski definition) is 1. The third-order valence-electron chi connectivity index (χ3n) is 4.13. The van der Waals surface area contributed by atoms with Crippen LogP contribution in [-0.2, 0) is 5.92 Å². The minimum absolute atomic E-state index is 0.00907. The highest BCUT2D eigenvalue weighted by molar-refractivity contribution is 5.81. The summed E-state index contributed by atoms with van der Waals surface area (Å²) in [5, 5.41) is 3.29. The topological polar surface area (TPSA) is 27.6 Å². The van der Waals surface area contributed by atoms with Gasteiger partial charge in [-0.3, -0.25) is 4.99 Å². The molecule has 0 saturated heterocycles. The highest BCUT2D eigenvalue weighted by Gasteiger charge is 2.45. The standard InChI is InChI=1S/C16H19F2N3/c1-21-14-8-10-19-9-7-12(14)11-20-15(21)16(17,18)13-5-3-2-4-6-13/h2-6,11,15,19H,7-10H2,1H3. The maximum atomic E-state index is 14.8. The molecular weight excluding hydrogens is 272 g/mol. The largest absolute Gasteiger partial charge is 0.351 e. The molecule has 1 atom stereocenters. The molecule has 112 valence electrons. The van der Waals surface area contributed by atoms with E-state index in [2.05, 4.69) is 10.3 Å². The lowest BCUT2D eigenvalue weighted by Crippen LogP contribution is -2.44. The molecule has 2 aliphatic rings. The Bertz CT molecular complexity index is 566. The van der Waals surface area contributed by atoms with Gasteiger partial charge < -0.3 is 10.2 Å². The van der Waals surface area contributed by atoms with Crippen LogP contribution in [0.5, 0.6) is 0 Å². The third-order valence-corrected chi connectivity index (χ3v) is 4.13. The quantitative estimate of drug-likeness (QED) is 0.907. The molecule has 0 aliphatic carbocycles. The molecule has 0 fully saturated rings. The number of nitrogens with zero attached hydrogens (tertiary/aromatic N) is 2. The SMILES string of the molecule is CN1C2=C(C=NC1C(F)(F)c1ccccc1)CCNCC2. The van der Waals surface area contributed by atoms with Crippen molar-refractivity contribution < 1.29 is 8.78 Å². The van der Waals surface area contributed by atoms with E-state index < -0.39 is 12.1 Å². The van der Waals surface area contributed by atoms with E-state index in [1.807, 2.05) is 0 Å². The van der Waals surface area contributed by atoms with Gasteiger partial charge in [-0.2, -0.15) is 8.78 Å². The molecule has 1 aromatic rings. The fourth-order valence-corrected chi connectivity index (χ4v) is 2.96. The Labute approximate surface area is 123 Å². The van der Waals surface area contributed by atoms with Gasteiger partial charge >= 0.3 is 5.92 Å². The molecule has 0 bridgehead atoms. The van der Waals surface area contributed by atoms with E-state index in [0.29, 0.717) is 0 Å². The van der Waals surface area contributed by atoms with Crippen molar-refractivity contribution >= 4 is 6.21 Å². The van der Waals surface area contributed by atoms with E-state index in [9.17, 15) is 8.78 Å². The molecule has 3 nitrogen and oxygen atoms in total. The Morgan fingerprint density at radius 2 is 1.90 bits per heavy atom. The van der Waals surface area contributed by atoms with Crippen molar-refractivity contribution in [3.63, 3.8) is 0 Å². The zero-order valence-electron chi connectivity index (χ0n) is 12.0. The summed E-state index contributed by atoms with van der Waals surface area (Å²) in [6.45, 7) is 1.69. The molecule has 5 heteroatoms. The van der Waals surface area contributed by atoms with Crippen molar-refractivity contribution in [3.05, 3.63) is 47.2 Å². The van der Waals surface area contributed by atoms with Crippen molar-refractivity contribution in [2.24, 2.45) is 4.99 Å². The Morgan fingerprint density at radius 1 is 1.19 bits per heavy atom. The van der Waals surface area contributed by atoms with Gasteiger partial charge in [0.05, 0.1) is 0 Å². The summed E-state index contributed by atoms with van der Waals surface area (Å²) in [4.78, 5) is 5.80. The normalized spacial score (nSPS) is 23.0. The highest BCUT2D eigenvalue weighted by atomic mass is 19.3. The van der Waals surface area contributed by atoms with Crippen LogP contribution in [0.4, 0.5) is 8.78 Å². The average molecular weight is 291 g/mol. The molecule has 0 radical (unpaired) electrons. The lowest BCUT2D eigenvalue weighted by Gasteiger charge is -2.37. The van der Waals surface area contributed by atoms with Crippen LogP contribution in [0.25, 0.3) is 0 Å². The number of aliphatic imine (C=N–C) groups is 1. The first-order valence-corrected chi connectivity index (χ1v) is 7.23. The second-order valence-electron chi connectivity index (χ2n) is 5.47. The first-order valence-electron chi connectivity index (χ1n) is 7.23. The number of rotatable bonds is 2. The maximum Gasteiger partial charge on any atom is 0.312 e. The van der Waals surface area contributed by atoms with Crippen LogP contribution in [0.15, 0.2) is 46.6 Å². The van der Waals surface area contributed by atoms with Crippen molar-refractivity contribution in [2.75, 3.05) is 20.1 Å². The monoisotopic (exact) mass is 291 g/mol. The summed E-state index contributed by atoms with van der Waals surface area (Å²) in [6.07, 6.45) is 2.08. The molecule has 1 aromatic carbocycles. The summed E-state index contributed by atoms with van der Waals surface area (Å²) < 4.78 is 29.5. The summed E-state index contributed by atoms with van der Waals surface area (Å²) in [5.41, 5.74) is 2.06. The third kappa shape index (κ3) is 2.58. The van der Waals surface area contributed by atoms with Crippen LogP contribution >= 0.6 is 0 Å². The van der Waals surface area contributed by atoms with Gasteiger partial charge in [0.25, 0.3) is 0 Å². The molecular formula is C16H19F2N3. The molecule has 3 rings (SSSR count). The van der Waals surface area contributed by atoms with Crippen LogP contribution in [0.3, 0.4) is 0 Å². The molecule has 0 aromatic heterocycles. The zero-order valence-corrected chi connectivity index (χ0v) is 12.0. The fourth-order valence-electron chi connectivity index (χ4n) is 2.96. The van der Waals surface area contributed by atoms with Crippen molar-refractivity contribution in [1.29, 1.82) is 0 Å². The van der Waals surface area contributed by atoms with Crippen LogP contribution < -0.4 is 5.32 Å². The lowest BCUT2D eigenvalue weighted by atomic mass is 10.0. The first kappa shape index (κ1) is 14.2. The number of likely N-dealkylation sites (N-methyl/N-ethyl adjacent to an activating group) is 1. The molecule has 21 heavy (non-hydrogen) atoms. The van der Waals surface area contributed by atoms with E-state index in [1.54, 1.807) is 36.4 Å². The van der Waals surface area contributed by atoms with Gasteiger partial charge in [-0.05, 0) is 18.5 Å². The predicted octanol–water partition coefficient (Wildman–Crippen LogP) is 2.76. The molecule has 2 heterocycles. The van der Waals surface area contributed by atoms with E-state index in [1.165, 1.54) is 12.1 Å². The molecule has 0 spiro atoms. The number of benzene rings is 1. The van der Waals surface area contributed by atoms with Gasteiger partial charge in [0, 0.05) is 37.5 Å². The smallest absolute Gasteiger partial charge is 0.312 e. The van der Waals surface area contributed by atoms with Crippen molar-refractivity contribution in [1.82, 2.24) is 10.2 Å². The van der Waals surface area contributed by atoms with E-state index in [4.69, 9.17) is 0 Å². The zero-order chi connectivity index (χ0) is 14.9. The molecule has 2 aliphatic heterocycles. The Morgan fingerprint density at radius 3 is 2.67 bits per heavy atom. The number of hydrogen-bond acceptors (Lipinski definition) is 3. The van der Waals surface area contributed by atoms with Crippen molar-refractivity contribution in [3.8, 4) is 0 Å². The Hall–Kier alpha value is -1.75. The van der Waals surface area contributed by atoms with Crippen molar-refractivity contribution in [2.45, 2.75) is 24.9 Å². The summed E-state index contributed by atoms with van der Waals surface area (Å²) in [6, 6.07) is 7.93. The molecule has 0 amide bonds. The molecule has 1 N–H and O–H groups in total. The number of nitrogens with one attached hydrogen (secondary N) is 1. The average Bonchev–Trinajstić information content (AvgIpc) is 2.74. The summed E-state index contributed by atoms with van der Waals surface area (Å²) >= 11 is 0. The fraction of sp³-hybridized carbons (Fsp3) is 0.438. The Balaban J connectivity index is 1.91. The number of alkyl halides is 2. The second kappa shape index (κ2) is 5.56. The van der Waals surface area contributed by atoms with E-state index in [-0.39, 0.29) is 5.56 Å². The van der Waals surface area contributed by atoms with E-state index in [0.717, 1.165) is 37.2 Å². The highest BCUT2D eigenvalue weighted by Crippen LogP contribution is 2.38. The van der Waals surface area contributed by atoms with Gasteiger partial charge in [-0.15, -0.1) is 0 Å². The molecule has 0 saturated carbocycles. The second-order valence-corrected chi connectivity index (χ2v) is 5.47. The van der Waals surface area contributed by atoms with Gasteiger partial charge in [0.15, 0.2) is 6.17 Å². The number of halogens is 2. The van der Waals surface area contributed by atoms with Crippen LogP contribution in [0.2, 0.25) is 0 Å². The van der Waals surface area contributed by atoms with Gasteiger partial charge in [-0.1, -0.05) is 30.3 Å². The minimum atomic E-state index is -3.01. The first-order chi connectivity index (χ1) is 10.1. The van der Waals surface area contributed by atoms with Crippen LogP contribution in [0.1, 0.15) is 18.4 Å². The summed E-state index contributed by atoms with van der Waals surface area (Å²) in [5.74, 6) is -3.01. The van der Waals surface area contributed by atoms with Gasteiger partial charge in [0.1, 0.15) is 0 Å². The molecule has 1 unspecified atom stereocenters. The van der Waals surface area contributed by atoms with Gasteiger partial charge in [-0.25, -0.2) is 0 Å².